The Kier molecular flexibility index (Phi) is 8.75. The molecule has 0 bridgehead atoms. The number of carbonyl (C=O) groups is 1. The molecule has 0 radical (unpaired) electrons. The molecule has 1 atom stereocenters. The fourth-order valence-corrected chi connectivity index (χ4v) is 6.67. The van der Waals surface area contributed by atoms with Crippen LogP contribution in [0.1, 0.15) is 57.5 Å². The second-order valence-corrected chi connectivity index (χ2v) is 11.8. The molecule has 0 aliphatic heterocycles. The minimum Gasteiger partial charge on any atom is -0.348 e. The highest BCUT2D eigenvalue weighted by Crippen LogP contribution is 2.26. The maximum atomic E-state index is 13.9. The van der Waals surface area contributed by atoms with Gasteiger partial charge >= 0.3 is 0 Å². The Bertz CT molecular complexity index is 1330. The molecule has 0 saturated carbocycles. The number of amides is 1. The van der Waals surface area contributed by atoms with E-state index in [0.29, 0.717) is 17.5 Å². The van der Waals surface area contributed by atoms with Gasteiger partial charge in [0.05, 0.1) is 17.5 Å². The van der Waals surface area contributed by atoms with Crippen molar-refractivity contribution < 1.29 is 13.2 Å². The van der Waals surface area contributed by atoms with Gasteiger partial charge in [-0.15, -0.1) is 0 Å². The van der Waals surface area contributed by atoms with Gasteiger partial charge in [0.25, 0.3) is 0 Å². The van der Waals surface area contributed by atoms with Gasteiger partial charge in [0, 0.05) is 6.54 Å². The van der Waals surface area contributed by atoms with Crippen molar-refractivity contribution in [2.45, 2.75) is 65.8 Å². The maximum absolute atomic E-state index is 13.9. The van der Waals surface area contributed by atoms with Crippen LogP contribution >= 0.6 is 0 Å². The van der Waals surface area contributed by atoms with Crippen LogP contribution in [0.3, 0.4) is 0 Å². The van der Waals surface area contributed by atoms with Gasteiger partial charge in [0.1, 0.15) is 0 Å². The third-order valence-electron chi connectivity index (χ3n) is 6.74. The predicted molar refractivity (Wildman–Crippen MR) is 147 cm³/mol. The van der Waals surface area contributed by atoms with Crippen molar-refractivity contribution in [3.8, 4) is 0 Å². The predicted octanol–water partition coefficient (Wildman–Crippen LogP) is 5.65. The van der Waals surface area contributed by atoms with Crippen LogP contribution < -0.4 is 5.32 Å². The lowest BCUT2D eigenvalue weighted by Gasteiger charge is -2.25. The normalized spacial score (nSPS) is 12.6. The maximum Gasteiger partial charge on any atom is 0.244 e. The minimum absolute atomic E-state index is 0.212. The summed E-state index contributed by atoms with van der Waals surface area (Å²) in [6.45, 7) is 13.6. The molecule has 3 rings (SSSR count). The first-order valence-corrected chi connectivity index (χ1v) is 13.8. The first kappa shape index (κ1) is 27.6. The molecule has 0 saturated heterocycles. The summed E-state index contributed by atoms with van der Waals surface area (Å²) in [7, 11) is -3.89. The third-order valence-corrected chi connectivity index (χ3v) is 8.89. The zero-order chi connectivity index (χ0) is 26.6. The van der Waals surface area contributed by atoms with E-state index >= 15 is 0 Å². The molecule has 0 spiro atoms. The summed E-state index contributed by atoms with van der Waals surface area (Å²) >= 11 is 0. The second kappa shape index (κ2) is 11.4. The van der Waals surface area contributed by atoms with Crippen molar-refractivity contribution in [1.82, 2.24) is 9.62 Å². The third kappa shape index (κ3) is 6.42. The van der Waals surface area contributed by atoms with E-state index in [9.17, 15) is 13.2 Å². The van der Waals surface area contributed by atoms with Crippen LogP contribution in [-0.2, 0) is 21.2 Å². The lowest BCUT2D eigenvalue weighted by molar-refractivity contribution is -0.121. The zero-order valence-electron chi connectivity index (χ0n) is 22.5. The molecular formula is C30H38N2O3S. The van der Waals surface area contributed by atoms with E-state index in [1.54, 1.807) is 0 Å². The molecule has 0 fully saturated rings. The Morgan fingerprint density at radius 3 is 2.03 bits per heavy atom. The van der Waals surface area contributed by atoms with Crippen molar-refractivity contribution in [2.24, 2.45) is 0 Å². The second-order valence-electron chi connectivity index (χ2n) is 9.88. The Morgan fingerprint density at radius 1 is 0.833 bits per heavy atom. The average molecular weight is 507 g/mol. The lowest BCUT2D eigenvalue weighted by atomic mass is 9.96. The number of sulfonamides is 1. The van der Waals surface area contributed by atoms with E-state index in [1.165, 1.54) is 9.87 Å². The number of nitrogens with one attached hydrogen (secondary N) is 1. The van der Waals surface area contributed by atoms with Gasteiger partial charge in [0.2, 0.25) is 15.9 Å². The van der Waals surface area contributed by atoms with Crippen molar-refractivity contribution in [2.75, 3.05) is 13.1 Å². The molecule has 3 aromatic rings. The van der Waals surface area contributed by atoms with Crippen molar-refractivity contribution in [3.63, 3.8) is 0 Å². The lowest BCUT2D eigenvalue weighted by Crippen LogP contribution is -2.42. The van der Waals surface area contributed by atoms with Crippen LogP contribution in [0.15, 0.2) is 59.5 Å². The largest absolute Gasteiger partial charge is 0.348 e. The molecule has 1 amide bonds. The van der Waals surface area contributed by atoms with Crippen molar-refractivity contribution >= 4 is 15.9 Å². The van der Waals surface area contributed by atoms with Gasteiger partial charge in [-0.05, 0) is 93.8 Å². The molecule has 0 heterocycles. The first-order chi connectivity index (χ1) is 16.9. The fourth-order valence-electron chi connectivity index (χ4n) is 4.86. The van der Waals surface area contributed by atoms with Crippen LogP contribution in [0.2, 0.25) is 0 Å². The van der Waals surface area contributed by atoms with Crippen LogP contribution in [-0.4, -0.2) is 31.7 Å². The van der Waals surface area contributed by atoms with Gasteiger partial charge in [0.15, 0.2) is 0 Å². The number of benzene rings is 3. The molecule has 0 aliphatic carbocycles. The quantitative estimate of drug-likeness (QED) is 0.408. The summed E-state index contributed by atoms with van der Waals surface area (Å²) in [6.07, 6.45) is 0.517. The summed E-state index contributed by atoms with van der Waals surface area (Å²) in [4.78, 5) is 13.5. The number of nitrogens with zero attached hydrogens (tertiary/aromatic N) is 1. The van der Waals surface area contributed by atoms with E-state index < -0.39 is 10.0 Å². The highest BCUT2D eigenvalue weighted by atomic mass is 32.2. The topological polar surface area (TPSA) is 66.5 Å². The smallest absolute Gasteiger partial charge is 0.244 e. The highest BCUT2D eigenvalue weighted by molar-refractivity contribution is 7.89. The minimum atomic E-state index is -3.89. The summed E-state index contributed by atoms with van der Waals surface area (Å²) < 4.78 is 29.1. The van der Waals surface area contributed by atoms with E-state index in [2.05, 4.69) is 31.3 Å². The van der Waals surface area contributed by atoms with Crippen molar-refractivity contribution in [1.29, 1.82) is 0 Å². The molecular weight excluding hydrogens is 468 g/mol. The van der Waals surface area contributed by atoms with Gasteiger partial charge in [-0.25, -0.2) is 8.42 Å². The molecule has 0 aromatic heterocycles. The standard InChI is InChI=1S/C30H38N2O3S/c1-20-15-24(5)30(25(6)16-20)36(34,35)32(14-13-27-11-9-8-10-12-27)19-29(33)31-26(7)28-18-22(3)21(2)17-23(28)4/h8-12,15-18,26H,13-14,19H2,1-7H3,(H,31,33)/t26-/m1/s1. The molecule has 192 valence electrons. The number of carbonyl (C=O) groups excluding carboxylic acids is 1. The van der Waals surface area contributed by atoms with E-state index in [1.807, 2.05) is 77.1 Å². The van der Waals surface area contributed by atoms with E-state index in [0.717, 1.165) is 27.8 Å². The number of rotatable bonds is 9. The Labute approximate surface area is 216 Å². The number of hydrogen-bond acceptors (Lipinski definition) is 3. The summed E-state index contributed by atoms with van der Waals surface area (Å²) in [6, 6.07) is 17.5. The van der Waals surface area contributed by atoms with E-state index in [-0.39, 0.29) is 29.9 Å². The van der Waals surface area contributed by atoms with Gasteiger partial charge in [-0.2, -0.15) is 4.31 Å². The summed E-state index contributed by atoms with van der Waals surface area (Å²) in [5.41, 5.74) is 7.92. The zero-order valence-corrected chi connectivity index (χ0v) is 23.3. The molecule has 5 nitrogen and oxygen atoms in total. The van der Waals surface area contributed by atoms with Gasteiger partial charge in [-0.3, -0.25) is 4.79 Å². The van der Waals surface area contributed by atoms with Gasteiger partial charge in [-0.1, -0.05) is 60.2 Å². The Hall–Kier alpha value is -2.96. The fraction of sp³-hybridized carbons (Fsp3) is 0.367. The average Bonchev–Trinajstić information content (AvgIpc) is 2.78. The van der Waals surface area contributed by atoms with Crippen LogP contribution in [0.4, 0.5) is 0 Å². The van der Waals surface area contributed by atoms with Crippen molar-refractivity contribution in [3.05, 3.63) is 99.1 Å². The van der Waals surface area contributed by atoms with Crippen LogP contribution in [0.5, 0.6) is 0 Å². The monoisotopic (exact) mass is 506 g/mol. The summed E-state index contributed by atoms with van der Waals surface area (Å²) in [5.74, 6) is -0.320. The molecule has 36 heavy (non-hydrogen) atoms. The molecule has 1 N–H and O–H groups in total. The summed E-state index contributed by atoms with van der Waals surface area (Å²) in [5, 5.41) is 3.03. The van der Waals surface area contributed by atoms with Crippen LogP contribution in [0, 0.1) is 41.5 Å². The Morgan fingerprint density at radius 2 is 1.42 bits per heavy atom. The number of aryl methyl sites for hydroxylation is 6. The van der Waals surface area contributed by atoms with E-state index in [4.69, 9.17) is 0 Å². The molecule has 0 unspecified atom stereocenters. The molecule has 0 aliphatic rings. The SMILES string of the molecule is Cc1cc(C)c(S(=O)(=O)N(CCc2ccccc2)CC(=O)N[C@H](C)c2cc(C)c(C)cc2C)c(C)c1. The van der Waals surface area contributed by atoms with Crippen LogP contribution in [0.25, 0.3) is 0 Å². The number of hydrogen-bond donors (Lipinski definition) is 1. The first-order valence-electron chi connectivity index (χ1n) is 12.4. The Balaban J connectivity index is 1.88. The molecule has 6 heteroatoms. The van der Waals surface area contributed by atoms with Gasteiger partial charge < -0.3 is 5.32 Å². The highest BCUT2D eigenvalue weighted by Gasteiger charge is 2.30. The molecule has 3 aromatic carbocycles.